The molecule has 1 amide bonds. The van der Waals surface area contributed by atoms with E-state index < -0.39 is 5.97 Å². The van der Waals surface area contributed by atoms with E-state index in [1.165, 1.54) is 11.3 Å². The van der Waals surface area contributed by atoms with Crippen molar-refractivity contribution in [3.63, 3.8) is 0 Å². The molecule has 0 aliphatic heterocycles. The van der Waals surface area contributed by atoms with E-state index in [1.807, 2.05) is 42.6 Å². The van der Waals surface area contributed by atoms with Gasteiger partial charge in [-0.15, -0.1) is 11.3 Å². The summed E-state index contributed by atoms with van der Waals surface area (Å²) in [5.41, 5.74) is 4.49. The van der Waals surface area contributed by atoms with Crippen LogP contribution in [0.4, 0.5) is 5.00 Å². The molecule has 3 aromatic rings. The second-order valence-electron chi connectivity index (χ2n) is 8.56. The number of ether oxygens (including phenoxy) is 2. The van der Waals surface area contributed by atoms with Crippen molar-refractivity contribution in [1.29, 1.82) is 0 Å². The van der Waals surface area contributed by atoms with Crippen molar-refractivity contribution in [1.82, 2.24) is 0 Å². The van der Waals surface area contributed by atoms with Gasteiger partial charge >= 0.3 is 5.97 Å². The van der Waals surface area contributed by atoms with Gasteiger partial charge in [0.15, 0.2) is 0 Å². The number of thiophene rings is 1. The highest BCUT2D eigenvalue weighted by Crippen LogP contribution is 2.40. The molecule has 0 spiro atoms. The molecule has 1 aromatic heterocycles. The molecule has 1 heterocycles. The topological polar surface area (TPSA) is 64.6 Å². The Kier molecular flexibility index (Phi) is 7.04. The first-order chi connectivity index (χ1) is 15.2. The van der Waals surface area contributed by atoms with Gasteiger partial charge in [-0.1, -0.05) is 44.5 Å². The standard InChI is InChI=1S/C26H29NO4S/c1-7-31-25(29)22-20(19-14-16(2)8-13-21(19)30-6)15-32-24(22)27-23(28)17-9-11-18(12-10-17)26(3,4)5/h8-15H,7H2,1-6H3,(H,27,28). The van der Waals surface area contributed by atoms with E-state index in [0.29, 0.717) is 27.4 Å². The van der Waals surface area contributed by atoms with E-state index in [2.05, 4.69) is 26.1 Å². The van der Waals surface area contributed by atoms with Crippen LogP contribution < -0.4 is 10.1 Å². The number of benzene rings is 2. The Hall–Kier alpha value is -3.12. The molecule has 0 saturated carbocycles. The van der Waals surface area contributed by atoms with Gasteiger partial charge in [0.05, 0.1) is 13.7 Å². The second kappa shape index (κ2) is 9.57. The molecule has 0 aliphatic rings. The zero-order valence-corrected chi connectivity index (χ0v) is 20.2. The van der Waals surface area contributed by atoms with E-state index in [1.54, 1.807) is 26.2 Å². The molecule has 6 heteroatoms. The Morgan fingerprint density at radius 2 is 1.72 bits per heavy atom. The first-order valence-electron chi connectivity index (χ1n) is 10.5. The average Bonchev–Trinajstić information content (AvgIpc) is 3.16. The number of anilines is 1. The molecule has 0 bridgehead atoms. The predicted molar refractivity (Wildman–Crippen MR) is 130 cm³/mol. The maximum Gasteiger partial charge on any atom is 0.341 e. The van der Waals surface area contributed by atoms with Crippen molar-refractivity contribution >= 4 is 28.2 Å². The number of hydrogen-bond acceptors (Lipinski definition) is 5. The van der Waals surface area contributed by atoms with E-state index in [4.69, 9.17) is 9.47 Å². The summed E-state index contributed by atoms with van der Waals surface area (Å²) in [6.07, 6.45) is 0. The van der Waals surface area contributed by atoms with E-state index in [0.717, 1.165) is 16.7 Å². The van der Waals surface area contributed by atoms with Crippen LogP contribution in [0.5, 0.6) is 5.75 Å². The third kappa shape index (κ3) is 5.02. The lowest BCUT2D eigenvalue weighted by Crippen LogP contribution is -2.16. The van der Waals surface area contributed by atoms with Crippen molar-refractivity contribution in [3.8, 4) is 16.9 Å². The van der Waals surface area contributed by atoms with Crippen molar-refractivity contribution < 1.29 is 19.1 Å². The number of rotatable bonds is 6. The molecule has 0 saturated heterocycles. The fourth-order valence-electron chi connectivity index (χ4n) is 3.38. The minimum atomic E-state index is -0.481. The van der Waals surface area contributed by atoms with Gasteiger partial charge in [0.25, 0.3) is 5.91 Å². The number of amides is 1. The lowest BCUT2D eigenvalue weighted by atomic mass is 9.87. The number of nitrogens with one attached hydrogen (secondary N) is 1. The summed E-state index contributed by atoms with van der Waals surface area (Å²) in [4.78, 5) is 25.8. The monoisotopic (exact) mass is 451 g/mol. The van der Waals surface area contributed by atoms with Gasteiger partial charge in [-0.3, -0.25) is 4.79 Å². The largest absolute Gasteiger partial charge is 0.496 e. The maximum atomic E-state index is 12.9. The first kappa shape index (κ1) is 23.5. The summed E-state index contributed by atoms with van der Waals surface area (Å²) < 4.78 is 10.8. The lowest BCUT2D eigenvalue weighted by Gasteiger charge is -2.19. The van der Waals surface area contributed by atoms with Gasteiger partial charge in [-0.2, -0.15) is 0 Å². The van der Waals surface area contributed by atoms with E-state index >= 15 is 0 Å². The summed E-state index contributed by atoms with van der Waals surface area (Å²) in [6, 6.07) is 13.3. The number of esters is 1. The van der Waals surface area contributed by atoms with E-state index in [-0.39, 0.29) is 17.9 Å². The number of carbonyl (C=O) groups is 2. The Morgan fingerprint density at radius 3 is 2.31 bits per heavy atom. The minimum Gasteiger partial charge on any atom is -0.496 e. The highest BCUT2D eigenvalue weighted by atomic mass is 32.1. The Labute approximate surface area is 193 Å². The molecule has 32 heavy (non-hydrogen) atoms. The minimum absolute atomic E-state index is 0.00160. The quantitative estimate of drug-likeness (QED) is 0.437. The molecule has 1 N–H and O–H groups in total. The van der Waals surface area contributed by atoms with Crippen LogP contribution in [0.2, 0.25) is 0 Å². The van der Waals surface area contributed by atoms with Gasteiger partial charge in [0.1, 0.15) is 16.3 Å². The van der Waals surface area contributed by atoms with Crippen LogP contribution >= 0.6 is 11.3 Å². The molecule has 0 unspecified atom stereocenters. The Bertz CT molecular complexity index is 1120. The van der Waals surface area contributed by atoms with Crippen LogP contribution in [0.15, 0.2) is 47.8 Å². The van der Waals surface area contributed by atoms with Gasteiger partial charge in [-0.25, -0.2) is 4.79 Å². The van der Waals surface area contributed by atoms with Crippen molar-refractivity contribution in [2.45, 2.75) is 40.0 Å². The molecule has 0 atom stereocenters. The molecular weight excluding hydrogens is 422 g/mol. The van der Waals surface area contributed by atoms with Crippen LogP contribution in [0.1, 0.15) is 59.5 Å². The zero-order valence-electron chi connectivity index (χ0n) is 19.4. The van der Waals surface area contributed by atoms with Crippen LogP contribution in [-0.2, 0) is 10.2 Å². The normalized spacial score (nSPS) is 11.2. The van der Waals surface area contributed by atoms with Gasteiger partial charge < -0.3 is 14.8 Å². The summed E-state index contributed by atoms with van der Waals surface area (Å²) in [7, 11) is 1.59. The predicted octanol–water partition coefficient (Wildman–Crippen LogP) is 6.46. The zero-order chi connectivity index (χ0) is 23.5. The fourth-order valence-corrected chi connectivity index (χ4v) is 4.33. The van der Waals surface area contributed by atoms with Gasteiger partial charge in [0.2, 0.25) is 0 Å². The number of carbonyl (C=O) groups excluding carboxylic acids is 2. The lowest BCUT2D eigenvalue weighted by molar-refractivity contribution is 0.0529. The summed E-state index contributed by atoms with van der Waals surface area (Å²) in [5, 5.41) is 5.20. The third-order valence-corrected chi connectivity index (χ3v) is 6.05. The van der Waals surface area contributed by atoms with Crippen molar-refractivity contribution in [3.05, 3.63) is 70.1 Å². The van der Waals surface area contributed by atoms with Crippen molar-refractivity contribution in [2.24, 2.45) is 0 Å². The van der Waals surface area contributed by atoms with Crippen LogP contribution in [0, 0.1) is 6.92 Å². The Balaban J connectivity index is 2.00. The van der Waals surface area contributed by atoms with Gasteiger partial charge in [-0.05, 0) is 49.1 Å². The third-order valence-electron chi connectivity index (χ3n) is 5.16. The molecular formula is C26H29NO4S. The molecule has 0 fully saturated rings. The maximum absolute atomic E-state index is 12.9. The number of aryl methyl sites for hydroxylation is 1. The smallest absolute Gasteiger partial charge is 0.341 e. The van der Waals surface area contributed by atoms with E-state index in [9.17, 15) is 9.59 Å². The molecule has 2 aromatic carbocycles. The van der Waals surface area contributed by atoms with Crippen LogP contribution in [-0.4, -0.2) is 25.6 Å². The first-order valence-corrected chi connectivity index (χ1v) is 11.4. The second-order valence-corrected chi connectivity index (χ2v) is 9.44. The Morgan fingerprint density at radius 1 is 1.03 bits per heavy atom. The number of methoxy groups -OCH3 is 1. The van der Waals surface area contributed by atoms with Crippen LogP contribution in [0.3, 0.4) is 0 Å². The summed E-state index contributed by atoms with van der Waals surface area (Å²) in [6.45, 7) is 10.3. The number of hydrogen-bond donors (Lipinski definition) is 1. The van der Waals surface area contributed by atoms with Gasteiger partial charge in [0, 0.05) is 22.1 Å². The SMILES string of the molecule is CCOC(=O)c1c(-c2cc(C)ccc2OC)csc1NC(=O)c1ccc(C(C)(C)C)cc1. The summed E-state index contributed by atoms with van der Waals surface area (Å²) >= 11 is 1.29. The fraction of sp³-hybridized carbons (Fsp3) is 0.308. The molecule has 5 nitrogen and oxygen atoms in total. The summed E-state index contributed by atoms with van der Waals surface area (Å²) in [5.74, 6) is -0.110. The molecule has 0 radical (unpaired) electrons. The highest BCUT2D eigenvalue weighted by molar-refractivity contribution is 7.15. The highest BCUT2D eigenvalue weighted by Gasteiger charge is 2.25. The molecule has 0 aliphatic carbocycles. The molecule has 3 rings (SSSR count). The molecule has 168 valence electrons. The average molecular weight is 452 g/mol. The van der Waals surface area contributed by atoms with Crippen molar-refractivity contribution in [2.75, 3.05) is 19.0 Å². The van der Waals surface area contributed by atoms with Crippen LogP contribution in [0.25, 0.3) is 11.1 Å².